The highest BCUT2D eigenvalue weighted by Crippen LogP contribution is 2.19. The van der Waals surface area contributed by atoms with Crippen molar-refractivity contribution in [3.8, 4) is 0 Å². The zero-order valence-corrected chi connectivity index (χ0v) is 11.4. The number of rotatable bonds is 3. The Morgan fingerprint density at radius 3 is 2.94 bits per heavy atom. The second-order valence-electron chi connectivity index (χ2n) is 4.29. The van der Waals surface area contributed by atoms with E-state index in [-0.39, 0.29) is 12.0 Å². The molecule has 0 aliphatic carbocycles. The number of carbonyl (C=O) groups is 1. The lowest BCUT2D eigenvalue weighted by Crippen LogP contribution is -2.35. The van der Waals surface area contributed by atoms with Crippen molar-refractivity contribution in [1.82, 2.24) is 4.90 Å². The number of carbonyl (C=O) groups excluding carboxylic acids is 1. The Morgan fingerprint density at radius 1 is 1.53 bits per heavy atom. The number of halogens is 1. The molecule has 1 heterocycles. The van der Waals surface area contributed by atoms with Gasteiger partial charge in [0, 0.05) is 24.7 Å². The zero-order valence-electron chi connectivity index (χ0n) is 9.86. The van der Waals surface area contributed by atoms with E-state index in [9.17, 15) is 4.79 Å². The van der Waals surface area contributed by atoms with Crippen molar-refractivity contribution in [2.75, 3.05) is 13.7 Å². The third-order valence-corrected chi connectivity index (χ3v) is 3.72. The van der Waals surface area contributed by atoms with Crippen LogP contribution in [-0.4, -0.2) is 30.6 Å². The van der Waals surface area contributed by atoms with Gasteiger partial charge in [-0.25, -0.2) is 0 Å². The number of benzene rings is 1. The van der Waals surface area contributed by atoms with E-state index in [2.05, 4.69) is 15.9 Å². The molecule has 0 unspecified atom stereocenters. The van der Waals surface area contributed by atoms with E-state index in [0.717, 1.165) is 22.9 Å². The molecule has 3 nitrogen and oxygen atoms in total. The summed E-state index contributed by atoms with van der Waals surface area (Å²) >= 11 is 3.49. The molecule has 2 rings (SSSR count). The van der Waals surface area contributed by atoms with Crippen molar-refractivity contribution in [3.05, 3.63) is 34.3 Å². The molecule has 0 saturated carbocycles. The molecule has 0 bridgehead atoms. The van der Waals surface area contributed by atoms with Crippen LogP contribution in [0.2, 0.25) is 0 Å². The van der Waals surface area contributed by atoms with E-state index in [1.54, 1.807) is 4.90 Å². The number of hydrogen-bond acceptors (Lipinski definition) is 2. The molecule has 1 amide bonds. The Labute approximate surface area is 110 Å². The lowest BCUT2D eigenvalue weighted by molar-refractivity contribution is -0.140. The summed E-state index contributed by atoms with van der Waals surface area (Å²) in [5.74, 6) is 0.0817. The van der Waals surface area contributed by atoms with Crippen molar-refractivity contribution in [2.45, 2.75) is 25.5 Å². The largest absolute Gasteiger partial charge is 0.368 e. The third kappa shape index (κ3) is 3.07. The van der Waals surface area contributed by atoms with Gasteiger partial charge in [-0.1, -0.05) is 34.1 Å². The summed E-state index contributed by atoms with van der Waals surface area (Å²) in [5.41, 5.74) is 1.11. The van der Waals surface area contributed by atoms with Gasteiger partial charge in [-0.15, -0.1) is 0 Å². The molecule has 0 N–H and O–H groups in total. The number of ether oxygens (including phenoxy) is 1. The molecule has 1 aliphatic heterocycles. The molecule has 1 atom stereocenters. The maximum absolute atomic E-state index is 12.0. The molecule has 92 valence electrons. The van der Waals surface area contributed by atoms with Crippen LogP contribution in [-0.2, 0) is 16.1 Å². The predicted octanol–water partition coefficient (Wildman–Crippen LogP) is 2.59. The SMILES string of the molecule is CN(Cc1ccccc1Br)C(=O)[C@H]1CCCO1. The number of nitrogens with zero attached hydrogens (tertiary/aromatic N) is 1. The van der Waals surface area contributed by atoms with Crippen LogP contribution in [0, 0.1) is 0 Å². The molecular weight excluding hydrogens is 282 g/mol. The molecule has 4 heteroatoms. The van der Waals surface area contributed by atoms with Gasteiger partial charge in [0.25, 0.3) is 5.91 Å². The van der Waals surface area contributed by atoms with Gasteiger partial charge < -0.3 is 9.64 Å². The molecule has 1 fully saturated rings. The molecule has 0 aromatic heterocycles. The first-order valence-electron chi connectivity index (χ1n) is 5.78. The van der Waals surface area contributed by atoms with E-state index in [4.69, 9.17) is 4.74 Å². The molecule has 0 radical (unpaired) electrons. The minimum Gasteiger partial charge on any atom is -0.368 e. The monoisotopic (exact) mass is 297 g/mol. The van der Waals surface area contributed by atoms with E-state index in [0.29, 0.717) is 13.2 Å². The fourth-order valence-corrected chi connectivity index (χ4v) is 2.39. The summed E-state index contributed by atoms with van der Waals surface area (Å²) in [4.78, 5) is 13.8. The quantitative estimate of drug-likeness (QED) is 0.858. The first kappa shape index (κ1) is 12.6. The minimum atomic E-state index is -0.234. The highest BCUT2D eigenvalue weighted by Gasteiger charge is 2.26. The fraction of sp³-hybridized carbons (Fsp3) is 0.462. The molecule has 1 aromatic carbocycles. The van der Waals surface area contributed by atoms with Gasteiger partial charge in [0.2, 0.25) is 0 Å². The van der Waals surface area contributed by atoms with Crippen molar-refractivity contribution in [3.63, 3.8) is 0 Å². The van der Waals surface area contributed by atoms with Crippen LogP contribution in [0.5, 0.6) is 0 Å². The topological polar surface area (TPSA) is 29.5 Å². The lowest BCUT2D eigenvalue weighted by atomic mass is 10.2. The number of amides is 1. The van der Waals surface area contributed by atoms with Crippen molar-refractivity contribution in [1.29, 1.82) is 0 Å². The fourth-order valence-electron chi connectivity index (χ4n) is 1.98. The van der Waals surface area contributed by atoms with Gasteiger partial charge in [0.05, 0.1) is 0 Å². The van der Waals surface area contributed by atoms with Crippen molar-refractivity contribution < 1.29 is 9.53 Å². The van der Waals surface area contributed by atoms with Crippen LogP contribution in [0.25, 0.3) is 0 Å². The number of likely N-dealkylation sites (N-methyl/N-ethyl adjacent to an activating group) is 1. The Kier molecular flexibility index (Phi) is 4.18. The standard InChI is InChI=1S/C13H16BrNO2/c1-15(13(16)12-7-4-8-17-12)9-10-5-2-3-6-11(10)14/h2-3,5-6,12H,4,7-9H2,1H3/t12-/m1/s1. The van der Waals surface area contributed by atoms with E-state index < -0.39 is 0 Å². The third-order valence-electron chi connectivity index (χ3n) is 2.95. The average molecular weight is 298 g/mol. The van der Waals surface area contributed by atoms with Crippen LogP contribution in [0.1, 0.15) is 18.4 Å². The summed E-state index contributed by atoms with van der Waals surface area (Å²) < 4.78 is 6.44. The lowest BCUT2D eigenvalue weighted by Gasteiger charge is -2.21. The summed E-state index contributed by atoms with van der Waals surface area (Å²) in [5, 5.41) is 0. The van der Waals surface area contributed by atoms with Crippen LogP contribution < -0.4 is 0 Å². The van der Waals surface area contributed by atoms with E-state index in [1.807, 2.05) is 31.3 Å². The van der Waals surface area contributed by atoms with Gasteiger partial charge in [-0.2, -0.15) is 0 Å². The van der Waals surface area contributed by atoms with Crippen molar-refractivity contribution >= 4 is 21.8 Å². The van der Waals surface area contributed by atoms with Crippen LogP contribution in [0.3, 0.4) is 0 Å². The predicted molar refractivity (Wildman–Crippen MR) is 69.6 cm³/mol. The molecule has 1 aromatic rings. The van der Waals surface area contributed by atoms with Gasteiger partial charge in [-0.3, -0.25) is 4.79 Å². The summed E-state index contributed by atoms with van der Waals surface area (Å²) in [6, 6.07) is 7.95. The van der Waals surface area contributed by atoms with Gasteiger partial charge >= 0.3 is 0 Å². The highest BCUT2D eigenvalue weighted by molar-refractivity contribution is 9.10. The first-order valence-corrected chi connectivity index (χ1v) is 6.58. The smallest absolute Gasteiger partial charge is 0.251 e. The maximum Gasteiger partial charge on any atom is 0.251 e. The van der Waals surface area contributed by atoms with Crippen LogP contribution >= 0.6 is 15.9 Å². The van der Waals surface area contributed by atoms with E-state index in [1.165, 1.54) is 0 Å². The molecular formula is C13H16BrNO2. The Bertz CT molecular complexity index is 402. The molecule has 1 aliphatic rings. The van der Waals surface area contributed by atoms with Crippen LogP contribution in [0.15, 0.2) is 28.7 Å². The second-order valence-corrected chi connectivity index (χ2v) is 5.14. The minimum absolute atomic E-state index is 0.0817. The summed E-state index contributed by atoms with van der Waals surface area (Å²) in [6.07, 6.45) is 1.60. The van der Waals surface area contributed by atoms with Gasteiger partial charge in [0.1, 0.15) is 6.10 Å². The Morgan fingerprint density at radius 2 is 2.29 bits per heavy atom. The zero-order chi connectivity index (χ0) is 12.3. The van der Waals surface area contributed by atoms with E-state index >= 15 is 0 Å². The average Bonchev–Trinajstić information content (AvgIpc) is 2.84. The van der Waals surface area contributed by atoms with Crippen LogP contribution in [0.4, 0.5) is 0 Å². The molecule has 1 saturated heterocycles. The second kappa shape index (κ2) is 5.65. The summed E-state index contributed by atoms with van der Waals surface area (Å²) in [7, 11) is 1.82. The Hall–Kier alpha value is -0.870. The van der Waals surface area contributed by atoms with Gasteiger partial charge in [-0.05, 0) is 24.5 Å². The molecule has 17 heavy (non-hydrogen) atoms. The summed E-state index contributed by atoms with van der Waals surface area (Å²) in [6.45, 7) is 1.32. The molecule has 0 spiro atoms. The maximum atomic E-state index is 12.0. The Balaban J connectivity index is 1.99. The first-order chi connectivity index (χ1) is 8.18. The normalized spacial score (nSPS) is 19.3. The van der Waals surface area contributed by atoms with Crippen molar-refractivity contribution in [2.24, 2.45) is 0 Å². The number of hydrogen-bond donors (Lipinski definition) is 0. The highest BCUT2D eigenvalue weighted by atomic mass is 79.9. The van der Waals surface area contributed by atoms with Gasteiger partial charge in [0.15, 0.2) is 0 Å².